The van der Waals surface area contributed by atoms with Crippen LogP contribution in [0.4, 0.5) is 0 Å². The molecule has 2 fully saturated rings. The summed E-state index contributed by atoms with van der Waals surface area (Å²) in [6.45, 7) is 15.7. The van der Waals surface area contributed by atoms with Crippen molar-refractivity contribution in [2.75, 3.05) is 25.4 Å². The van der Waals surface area contributed by atoms with Crippen molar-refractivity contribution in [3.8, 4) is 0 Å². The van der Waals surface area contributed by atoms with E-state index in [1.165, 1.54) is 6.42 Å². The van der Waals surface area contributed by atoms with Gasteiger partial charge in [0.1, 0.15) is 25.1 Å². The number of hydrogen-bond donors (Lipinski definition) is 0. The Morgan fingerprint density at radius 3 is 2.24 bits per heavy atom. The maximum Gasteiger partial charge on any atom is 0.192 e. The van der Waals surface area contributed by atoms with Crippen molar-refractivity contribution in [2.45, 2.75) is 94.0 Å². The molecule has 0 bridgehead atoms. The molecule has 3 rings (SSSR count). The van der Waals surface area contributed by atoms with E-state index in [1.54, 1.807) is 7.11 Å². The summed E-state index contributed by atoms with van der Waals surface area (Å²) < 4.78 is 32.2. The van der Waals surface area contributed by atoms with Gasteiger partial charge in [-0.2, -0.15) is 0 Å². The van der Waals surface area contributed by atoms with Crippen LogP contribution < -0.4 is 0 Å². The predicted molar refractivity (Wildman–Crippen MR) is 141 cm³/mol. The quantitative estimate of drug-likeness (QED) is 0.277. The molecule has 188 valence electrons. The SMILES string of the molecule is COCO[C@H](c1ccccc1)[C@H]1OC(C)(C)O[C@@H]1[C@@H](O[Si](C)(C)C(C)(C)C)C1SCCCS1. The van der Waals surface area contributed by atoms with Gasteiger partial charge < -0.3 is 23.4 Å². The molecule has 2 aliphatic rings. The van der Waals surface area contributed by atoms with Crippen LogP contribution in [0.3, 0.4) is 0 Å². The highest BCUT2D eigenvalue weighted by Crippen LogP contribution is 2.47. The van der Waals surface area contributed by atoms with E-state index in [-0.39, 0.29) is 36.2 Å². The Bertz CT molecular complexity index is 734. The van der Waals surface area contributed by atoms with Crippen molar-refractivity contribution < 1.29 is 23.4 Å². The van der Waals surface area contributed by atoms with Crippen molar-refractivity contribution in [3.63, 3.8) is 0 Å². The minimum Gasteiger partial charge on any atom is -0.409 e. The van der Waals surface area contributed by atoms with Crippen LogP contribution in [-0.4, -0.2) is 62.4 Å². The molecule has 33 heavy (non-hydrogen) atoms. The largest absolute Gasteiger partial charge is 0.409 e. The number of methoxy groups -OCH3 is 1. The Morgan fingerprint density at radius 2 is 1.67 bits per heavy atom. The van der Waals surface area contributed by atoms with Crippen LogP contribution in [0.15, 0.2) is 30.3 Å². The highest BCUT2D eigenvalue weighted by atomic mass is 32.2. The zero-order valence-electron chi connectivity index (χ0n) is 21.5. The van der Waals surface area contributed by atoms with Gasteiger partial charge in [-0.15, -0.1) is 23.5 Å². The Morgan fingerprint density at radius 1 is 1.06 bits per heavy atom. The van der Waals surface area contributed by atoms with Gasteiger partial charge in [0.05, 0.1) is 10.7 Å². The number of hydrogen-bond acceptors (Lipinski definition) is 7. The van der Waals surface area contributed by atoms with E-state index < -0.39 is 14.1 Å². The smallest absolute Gasteiger partial charge is 0.192 e. The van der Waals surface area contributed by atoms with Gasteiger partial charge in [-0.25, -0.2) is 0 Å². The Kier molecular flexibility index (Phi) is 9.45. The summed E-state index contributed by atoms with van der Waals surface area (Å²) in [6, 6.07) is 10.2. The highest BCUT2D eigenvalue weighted by molar-refractivity contribution is 8.17. The third kappa shape index (κ3) is 7.00. The van der Waals surface area contributed by atoms with E-state index in [1.807, 2.05) is 55.6 Å². The Labute approximate surface area is 210 Å². The maximum atomic E-state index is 7.15. The molecule has 0 N–H and O–H groups in total. The van der Waals surface area contributed by atoms with E-state index >= 15 is 0 Å². The first kappa shape index (κ1) is 27.5. The van der Waals surface area contributed by atoms with E-state index in [2.05, 4.69) is 46.0 Å². The van der Waals surface area contributed by atoms with Crippen LogP contribution >= 0.6 is 23.5 Å². The molecule has 0 spiro atoms. The monoisotopic (exact) mass is 514 g/mol. The zero-order valence-corrected chi connectivity index (χ0v) is 24.1. The molecule has 5 nitrogen and oxygen atoms in total. The minimum atomic E-state index is -2.06. The predicted octanol–water partition coefficient (Wildman–Crippen LogP) is 6.45. The van der Waals surface area contributed by atoms with E-state index in [4.69, 9.17) is 23.4 Å². The van der Waals surface area contributed by atoms with Gasteiger partial charge >= 0.3 is 0 Å². The second kappa shape index (κ2) is 11.3. The minimum absolute atomic E-state index is 0.0923. The zero-order chi connectivity index (χ0) is 24.3. The van der Waals surface area contributed by atoms with E-state index in [0.29, 0.717) is 4.58 Å². The number of benzene rings is 1. The molecule has 0 radical (unpaired) electrons. The standard InChI is InChI=1S/C25H42O5S2Si/c1-24(2,3)33(7,8)30-22(23-31-15-12-16-32-23)21-20(28-25(4,5)29-21)19(27-17-26-6)18-13-10-9-11-14-18/h9-11,13-14,19-23H,12,15-17H2,1-8H3/t19-,20-,21+,22-/m1/s1. The molecular weight excluding hydrogens is 472 g/mol. The molecule has 4 atom stereocenters. The van der Waals surface area contributed by atoms with Crippen LogP contribution in [-0.2, 0) is 23.4 Å². The topological polar surface area (TPSA) is 46.2 Å². The summed E-state index contributed by atoms with van der Waals surface area (Å²) in [7, 11) is -0.416. The van der Waals surface area contributed by atoms with Crippen molar-refractivity contribution in [1.82, 2.24) is 0 Å². The van der Waals surface area contributed by atoms with Gasteiger partial charge in [-0.3, -0.25) is 0 Å². The molecule has 0 unspecified atom stereocenters. The molecule has 1 aromatic carbocycles. The van der Waals surface area contributed by atoms with Gasteiger partial charge in [-0.05, 0) is 55.5 Å². The maximum absolute atomic E-state index is 7.15. The lowest BCUT2D eigenvalue weighted by molar-refractivity contribution is -0.172. The van der Waals surface area contributed by atoms with Crippen LogP contribution in [0.25, 0.3) is 0 Å². The van der Waals surface area contributed by atoms with Gasteiger partial charge in [0.25, 0.3) is 0 Å². The highest BCUT2D eigenvalue weighted by Gasteiger charge is 2.54. The van der Waals surface area contributed by atoms with Crippen molar-refractivity contribution in [3.05, 3.63) is 35.9 Å². The lowest BCUT2D eigenvalue weighted by Gasteiger charge is -2.44. The van der Waals surface area contributed by atoms with Gasteiger partial charge in [0.15, 0.2) is 14.1 Å². The molecule has 0 saturated carbocycles. The van der Waals surface area contributed by atoms with Gasteiger partial charge in [-0.1, -0.05) is 51.1 Å². The first-order valence-corrected chi connectivity index (χ1v) is 16.9. The van der Waals surface area contributed by atoms with E-state index in [0.717, 1.165) is 17.1 Å². The molecule has 2 aliphatic heterocycles. The fraction of sp³-hybridized carbons (Fsp3) is 0.760. The van der Waals surface area contributed by atoms with Gasteiger partial charge in [0, 0.05) is 7.11 Å². The fourth-order valence-electron chi connectivity index (χ4n) is 3.96. The van der Waals surface area contributed by atoms with Crippen LogP contribution in [0.5, 0.6) is 0 Å². The Balaban J connectivity index is 1.99. The molecule has 2 saturated heterocycles. The molecule has 8 heteroatoms. The van der Waals surface area contributed by atoms with E-state index in [9.17, 15) is 0 Å². The number of thioether (sulfide) groups is 2. The first-order valence-electron chi connectivity index (χ1n) is 11.9. The summed E-state index contributed by atoms with van der Waals surface area (Å²) in [4.78, 5) is 0. The number of rotatable bonds is 9. The lowest BCUT2D eigenvalue weighted by Crippen LogP contribution is -2.53. The lowest BCUT2D eigenvalue weighted by atomic mass is 9.97. The molecule has 2 heterocycles. The van der Waals surface area contributed by atoms with Crippen LogP contribution in [0.1, 0.15) is 52.7 Å². The Hall–Kier alpha value is -0.0631. The third-order valence-electron chi connectivity index (χ3n) is 6.64. The fourth-order valence-corrected chi connectivity index (χ4v) is 8.49. The second-order valence-corrected chi connectivity index (χ2v) is 18.3. The molecule has 0 amide bonds. The van der Waals surface area contributed by atoms with Crippen molar-refractivity contribution in [1.29, 1.82) is 0 Å². The van der Waals surface area contributed by atoms with Crippen molar-refractivity contribution >= 4 is 31.8 Å². The molecule has 0 aromatic heterocycles. The average Bonchev–Trinajstić information content (AvgIpc) is 3.08. The summed E-state index contributed by atoms with van der Waals surface area (Å²) in [5, 5.41) is 0.102. The number of ether oxygens (including phenoxy) is 4. The summed E-state index contributed by atoms with van der Waals surface area (Å²) in [5.74, 6) is 1.58. The summed E-state index contributed by atoms with van der Waals surface area (Å²) >= 11 is 3.99. The van der Waals surface area contributed by atoms with Crippen LogP contribution in [0, 0.1) is 0 Å². The summed E-state index contributed by atoms with van der Waals surface area (Å²) in [5.41, 5.74) is 1.06. The molecule has 0 aliphatic carbocycles. The van der Waals surface area contributed by atoms with Crippen LogP contribution in [0.2, 0.25) is 18.1 Å². The second-order valence-electron chi connectivity index (χ2n) is 10.8. The first-order chi connectivity index (χ1) is 15.5. The molecular formula is C25H42O5S2Si. The average molecular weight is 515 g/mol. The third-order valence-corrected chi connectivity index (χ3v) is 14.2. The summed E-state index contributed by atoms with van der Waals surface area (Å²) in [6.07, 6.45) is 0.265. The normalized spacial score (nSPS) is 26.3. The van der Waals surface area contributed by atoms with Gasteiger partial charge in [0.2, 0.25) is 0 Å². The van der Waals surface area contributed by atoms with Crippen molar-refractivity contribution in [2.24, 2.45) is 0 Å². The molecule has 1 aromatic rings.